The molecule has 0 spiro atoms. The Kier molecular flexibility index (Phi) is 34.5. The Morgan fingerprint density at radius 3 is 1.69 bits per heavy atom. The summed E-state index contributed by atoms with van der Waals surface area (Å²) in [5.41, 5.74) is 3.58. The number of benzene rings is 2. The highest BCUT2D eigenvalue weighted by Gasteiger charge is 2.30. The Hall–Kier alpha value is -5.58. The maximum absolute atomic E-state index is 12.3. The van der Waals surface area contributed by atoms with Gasteiger partial charge in [0.15, 0.2) is 11.4 Å². The molecule has 25 heteroatoms. The van der Waals surface area contributed by atoms with Crippen molar-refractivity contribution in [1.29, 1.82) is 0 Å². The number of Topliss-reactive ketones (excluding diaryl/α,β-unsaturated/α-hetero) is 2. The number of hydrogen-bond donors (Lipinski definition) is 6. The van der Waals surface area contributed by atoms with Gasteiger partial charge in [0, 0.05) is 75.3 Å². The van der Waals surface area contributed by atoms with Crippen molar-refractivity contribution in [3.8, 4) is 11.4 Å². The van der Waals surface area contributed by atoms with Crippen LogP contribution in [-0.4, -0.2) is 211 Å². The quantitative estimate of drug-likeness (QED) is 0.0267. The number of carbonyl (C=O) groups excluding carboxylic acids is 4. The van der Waals surface area contributed by atoms with E-state index in [9.17, 15) is 29.1 Å². The Balaban J connectivity index is 0.874. The van der Waals surface area contributed by atoms with Crippen molar-refractivity contribution in [3.05, 3.63) is 66.0 Å². The van der Waals surface area contributed by atoms with Gasteiger partial charge in [0.05, 0.1) is 104 Å². The fraction of sp³-hybridized carbons (Fsp3) is 0.615. The van der Waals surface area contributed by atoms with Crippen LogP contribution in [0, 0.1) is 0 Å². The maximum atomic E-state index is 12.3. The molecule has 1 aliphatic rings. The molecule has 426 valence electrons. The highest BCUT2D eigenvalue weighted by Crippen LogP contribution is 2.17. The molecule has 4 atom stereocenters. The molecule has 0 amide bonds. The SMILES string of the molecule is O=COCC1CNC(CC(=O)O)C(Cc2ccc(NC(=S)NCCOCCOCCOCCOCCOCCOCCOCCCC(=O)CCCC(=O)CCc3ccc(-c4nncnn4)cc3)cc2)NC(COC=O)CN1. The molecule has 0 radical (unpaired) electrons. The summed E-state index contributed by atoms with van der Waals surface area (Å²) in [7, 11) is 0. The number of nitrogens with zero attached hydrogens (tertiary/aromatic N) is 4. The van der Waals surface area contributed by atoms with Crippen LogP contribution in [0.5, 0.6) is 0 Å². The largest absolute Gasteiger partial charge is 0.481 e. The van der Waals surface area contributed by atoms with E-state index in [0.29, 0.717) is 187 Å². The summed E-state index contributed by atoms with van der Waals surface area (Å²) in [6, 6.07) is 13.9. The summed E-state index contributed by atoms with van der Waals surface area (Å²) < 4.78 is 48.9. The van der Waals surface area contributed by atoms with Gasteiger partial charge in [-0.1, -0.05) is 36.4 Å². The lowest BCUT2D eigenvalue weighted by Crippen LogP contribution is -2.54. The number of anilines is 1. The zero-order valence-electron chi connectivity index (χ0n) is 43.8. The summed E-state index contributed by atoms with van der Waals surface area (Å²) in [5, 5.41) is 41.8. The Morgan fingerprint density at radius 2 is 1.12 bits per heavy atom. The van der Waals surface area contributed by atoms with Crippen LogP contribution in [0.25, 0.3) is 11.4 Å². The Labute approximate surface area is 455 Å². The van der Waals surface area contributed by atoms with Crippen LogP contribution in [0.4, 0.5) is 5.69 Å². The number of rotatable bonds is 44. The van der Waals surface area contributed by atoms with Crippen molar-refractivity contribution >= 4 is 53.5 Å². The smallest absolute Gasteiger partial charge is 0.304 e. The van der Waals surface area contributed by atoms with Gasteiger partial charge in [0.1, 0.15) is 24.8 Å². The minimum atomic E-state index is -0.965. The number of carboxylic acid groups (broad SMARTS) is 1. The number of aryl methyl sites for hydroxylation is 1. The molecule has 6 N–H and O–H groups in total. The first-order valence-electron chi connectivity index (χ1n) is 26.1. The number of nitrogens with one attached hydrogen (secondary N) is 5. The van der Waals surface area contributed by atoms with E-state index in [4.69, 9.17) is 54.8 Å². The molecule has 2 aromatic carbocycles. The Morgan fingerprint density at radius 1 is 0.610 bits per heavy atom. The minimum absolute atomic E-state index is 0.0716. The van der Waals surface area contributed by atoms with Gasteiger partial charge in [-0.15, -0.1) is 20.4 Å². The zero-order chi connectivity index (χ0) is 54.8. The third-order valence-corrected chi connectivity index (χ3v) is 12.0. The molecule has 1 aromatic heterocycles. The molecule has 4 rings (SSSR count). The molecule has 2 heterocycles. The number of ether oxygens (including phenoxy) is 9. The normalized spacial score (nSPS) is 16.6. The predicted octanol–water partition coefficient (Wildman–Crippen LogP) is 1.68. The van der Waals surface area contributed by atoms with Crippen molar-refractivity contribution in [2.75, 3.05) is 131 Å². The second kappa shape index (κ2) is 41.5. The second-order valence-corrected chi connectivity index (χ2v) is 18.1. The van der Waals surface area contributed by atoms with Crippen molar-refractivity contribution in [1.82, 2.24) is 41.7 Å². The predicted molar refractivity (Wildman–Crippen MR) is 285 cm³/mol. The van der Waals surface area contributed by atoms with Gasteiger partial charge in [0.2, 0.25) is 5.82 Å². The van der Waals surface area contributed by atoms with E-state index in [0.717, 1.165) is 22.4 Å². The van der Waals surface area contributed by atoms with E-state index in [1.54, 1.807) is 0 Å². The molecule has 0 bridgehead atoms. The lowest BCUT2D eigenvalue weighted by molar-refractivity contribution is -0.137. The number of ketones is 2. The van der Waals surface area contributed by atoms with Gasteiger partial charge < -0.3 is 74.3 Å². The third kappa shape index (κ3) is 30.8. The fourth-order valence-electron chi connectivity index (χ4n) is 7.77. The number of carbonyl (C=O) groups is 5. The van der Waals surface area contributed by atoms with Crippen molar-refractivity contribution in [3.63, 3.8) is 0 Å². The van der Waals surface area contributed by atoms with E-state index in [1.165, 1.54) is 6.33 Å². The summed E-state index contributed by atoms with van der Waals surface area (Å²) in [4.78, 5) is 58.2. The number of aliphatic carboxylic acids is 1. The third-order valence-electron chi connectivity index (χ3n) is 11.7. The number of carboxylic acids is 1. The van der Waals surface area contributed by atoms with Crippen LogP contribution in [-0.2, 0) is 79.4 Å². The molecule has 0 saturated carbocycles. The summed E-state index contributed by atoms with van der Waals surface area (Å²) in [5.74, 6) is -0.220. The van der Waals surface area contributed by atoms with Crippen LogP contribution < -0.4 is 26.6 Å². The molecule has 4 unspecified atom stereocenters. The van der Waals surface area contributed by atoms with Gasteiger partial charge >= 0.3 is 5.97 Å². The molecule has 3 aromatic rings. The maximum Gasteiger partial charge on any atom is 0.304 e. The van der Waals surface area contributed by atoms with Crippen molar-refractivity contribution in [2.45, 2.75) is 82.0 Å². The fourth-order valence-corrected chi connectivity index (χ4v) is 7.99. The van der Waals surface area contributed by atoms with Gasteiger partial charge in [-0.2, -0.15) is 0 Å². The average molecular weight is 1100 g/mol. The van der Waals surface area contributed by atoms with Gasteiger partial charge in [0.25, 0.3) is 12.9 Å². The minimum Gasteiger partial charge on any atom is -0.481 e. The molecular weight excluding hydrogens is 1020 g/mol. The van der Waals surface area contributed by atoms with Crippen LogP contribution >= 0.6 is 12.2 Å². The van der Waals surface area contributed by atoms with Crippen LogP contribution in [0.15, 0.2) is 54.9 Å². The van der Waals surface area contributed by atoms with E-state index in [2.05, 4.69) is 47.0 Å². The first-order valence-corrected chi connectivity index (χ1v) is 26.5. The summed E-state index contributed by atoms with van der Waals surface area (Å²) in [6.07, 6.45) is 5.12. The highest BCUT2D eigenvalue weighted by atomic mass is 32.1. The molecule has 24 nitrogen and oxygen atoms in total. The first-order chi connectivity index (χ1) is 37.7. The number of hydrogen-bond acceptors (Lipinski definition) is 22. The zero-order valence-corrected chi connectivity index (χ0v) is 44.6. The standard InChI is InChI=1S/C52H77N9O15S/c62-38-75-35-44-33-55-48(32-50(66)67)49(58-45(34-54-44)36-76-39-63)31-41-8-13-43(14-9-41)59-52(77)53-16-18-69-20-22-71-24-26-73-28-30-74-29-27-72-25-23-70-21-19-68-17-2-5-46(64)3-1-4-47(65)15-10-40-6-11-42(12-7-40)51-60-56-37-57-61-51/h6-9,11-14,37-39,44-45,48-49,54-55,58H,1-5,10,15-36H2,(H,66,67)(H2,53,59,77). The number of aromatic nitrogens is 4. The molecule has 1 aliphatic heterocycles. The van der Waals surface area contributed by atoms with Gasteiger partial charge in [-0.05, 0) is 61.2 Å². The Bertz CT molecular complexity index is 2090. The second-order valence-electron chi connectivity index (χ2n) is 17.7. The van der Waals surface area contributed by atoms with E-state index < -0.39 is 12.0 Å². The molecule has 0 aliphatic carbocycles. The highest BCUT2D eigenvalue weighted by molar-refractivity contribution is 7.80. The molecule has 1 saturated heterocycles. The van der Waals surface area contributed by atoms with Gasteiger partial charge in [-0.3, -0.25) is 24.0 Å². The van der Waals surface area contributed by atoms with E-state index in [1.807, 2.05) is 48.5 Å². The molecular formula is C52H77N9O15S. The van der Waals surface area contributed by atoms with Crippen molar-refractivity contribution < 1.29 is 71.7 Å². The van der Waals surface area contributed by atoms with Crippen LogP contribution in [0.2, 0.25) is 0 Å². The van der Waals surface area contributed by atoms with Gasteiger partial charge in [-0.25, -0.2) is 0 Å². The lowest BCUT2D eigenvalue weighted by atomic mass is 9.95. The average Bonchev–Trinajstić information content (AvgIpc) is 3.51. The summed E-state index contributed by atoms with van der Waals surface area (Å²) in [6.45, 7) is 8.29. The van der Waals surface area contributed by atoms with E-state index >= 15 is 0 Å². The topological polar surface area (TPSA) is 300 Å². The lowest BCUT2D eigenvalue weighted by Gasteiger charge is -2.30. The summed E-state index contributed by atoms with van der Waals surface area (Å²) >= 11 is 5.45. The monoisotopic (exact) mass is 1100 g/mol. The van der Waals surface area contributed by atoms with Crippen LogP contribution in [0.1, 0.15) is 56.1 Å². The first kappa shape index (κ1) is 63.9. The van der Waals surface area contributed by atoms with E-state index in [-0.39, 0.29) is 49.3 Å². The van der Waals surface area contributed by atoms with Crippen LogP contribution in [0.3, 0.4) is 0 Å². The number of thiocarbonyl (C=S) groups is 1. The molecule has 77 heavy (non-hydrogen) atoms. The van der Waals surface area contributed by atoms with Crippen molar-refractivity contribution in [2.24, 2.45) is 0 Å². The molecule has 1 fully saturated rings.